The van der Waals surface area contributed by atoms with Gasteiger partial charge in [-0.15, -0.1) is 0 Å². The van der Waals surface area contributed by atoms with E-state index in [0.717, 1.165) is 18.1 Å². The molecule has 0 aliphatic heterocycles. The number of benzene rings is 2. The molecule has 3 aromatic rings. The van der Waals surface area contributed by atoms with E-state index >= 15 is 0 Å². The molecule has 57 heavy (non-hydrogen) atoms. The van der Waals surface area contributed by atoms with Crippen LogP contribution < -0.4 is 4.74 Å². The lowest BCUT2D eigenvalue weighted by molar-refractivity contribution is -0.396. The second-order valence-electron chi connectivity index (χ2n) is 13.7. The third kappa shape index (κ3) is 12.2. The Morgan fingerprint density at radius 3 is 2.02 bits per heavy atom. The van der Waals surface area contributed by atoms with Gasteiger partial charge in [-0.1, -0.05) is 81.9 Å². The molecule has 0 aliphatic carbocycles. The van der Waals surface area contributed by atoms with Crippen LogP contribution in [0.15, 0.2) is 59.8 Å². The van der Waals surface area contributed by atoms with Crippen molar-refractivity contribution in [1.82, 2.24) is 20.2 Å². The predicted molar refractivity (Wildman–Crippen MR) is 196 cm³/mol. The Bertz CT molecular complexity index is 1860. The number of hydrogen-bond donors (Lipinski definition) is 0. The first-order valence-electron chi connectivity index (χ1n) is 18.3. The Kier molecular flexibility index (Phi) is 16.6. The van der Waals surface area contributed by atoms with Gasteiger partial charge in [0.2, 0.25) is 9.84 Å². The van der Waals surface area contributed by atoms with Gasteiger partial charge in [-0.3, -0.25) is 0 Å². The highest BCUT2D eigenvalue weighted by molar-refractivity contribution is 7.91. The first kappa shape index (κ1) is 47.7. The van der Waals surface area contributed by atoms with E-state index in [1.807, 2.05) is 6.92 Å². The number of tetrazole rings is 1. The Balaban J connectivity index is 1.56. The van der Waals surface area contributed by atoms with Gasteiger partial charge >= 0.3 is 23.9 Å². The number of nitrogens with zero attached hydrogens (tertiary/aromatic N) is 4. The van der Waals surface area contributed by atoms with Gasteiger partial charge < -0.3 is 13.9 Å². The highest BCUT2D eigenvalue weighted by atomic mass is 32.2. The van der Waals surface area contributed by atoms with Crippen molar-refractivity contribution in [2.75, 3.05) is 19.0 Å². The van der Waals surface area contributed by atoms with Crippen LogP contribution >= 0.6 is 0 Å². The molecular weight excluding hydrogens is 812 g/mol. The lowest BCUT2D eigenvalue weighted by Crippen LogP contribution is -2.60. The molecule has 0 radical (unpaired) electrons. The Hall–Kier alpha value is -3.67. The second kappa shape index (κ2) is 19.9. The molecule has 3 rings (SSSR count). The molecule has 9 nitrogen and oxygen atoms in total. The summed E-state index contributed by atoms with van der Waals surface area (Å²) in [7, 11) is -6.07. The quantitative estimate of drug-likeness (QED) is 0.0426. The molecule has 0 fully saturated rings. The molecule has 0 amide bonds. The van der Waals surface area contributed by atoms with E-state index in [1.165, 1.54) is 16.8 Å². The van der Waals surface area contributed by atoms with Gasteiger partial charge in [0.25, 0.3) is 5.16 Å². The number of aromatic nitrogens is 4. The zero-order valence-electron chi connectivity index (χ0n) is 32.1. The summed E-state index contributed by atoms with van der Waals surface area (Å²) < 4.78 is 163. The number of para-hydroxylation sites is 1. The molecule has 2 aromatic carbocycles. The fourth-order valence-corrected chi connectivity index (χ4v) is 9.96. The Labute approximate surface area is 327 Å². The van der Waals surface area contributed by atoms with Crippen molar-refractivity contribution in [2.24, 2.45) is 11.8 Å². The van der Waals surface area contributed by atoms with Crippen LogP contribution in [0.4, 0.5) is 39.5 Å². The Morgan fingerprint density at radius 2 is 1.44 bits per heavy atom. The average Bonchev–Trinajstić information content (AvgIpc) is 3.67. The van der Waals surface area contributed by atoms with Gasteiger partial charge in [0, 0.05) is 18.9 Å². The van der Waals surface area contributed by atoms with Crippen molar-refractivity contribution in [3.63, 3.8) is 0 Å². The molecule has 318 valence electrons. The molecular formula is C37H47F9N4O5SSi. The third-order valence-electron chi connectivity index (χ3n) is 9.51. The molecule has 1 aromatic heterocycles. The minimum atomic E-state index is -6.92. The topological polar surface area (TPSA) is 105 Å². The van der Waals surface area contributed by atoms with Crippen LogP contribution in [0.25, 0.3) is 5.69 Å². The fourth-order valence-electron chi connectivity index (χ4n) is 5.67. The van der Waals surface area contributed by atoms with Gasteiger partial charge in [0.1, 0.15) is 11.9 Å². The van der Waals surface area contributed by atoms with Gasteiger partial charge in [-0.25, -0.2) is 8.42 Å². The lowest BCUT2D eigenvalue weighted by Gasteiger charge is -2.33. The van der Waals surface area contributed by atoms with Crippen LogP contribution in [0.5, 0.6) is 5.75 Å². The van der Waals surface area contributed by atoms with E-state index in [1.54, 1.807) is 49.4 Å². The lowest BCUT2D eigenvalue weighted by atomic mass is 10.00. The van der Waals surface area contributed by atoms with E-state index < -0.39 is 73.6 Å². The maximum Gasteiger partial charge on any atom is 0.460 e. The van der Waals surface area contributed by atoms with Crippen LogP contribution in [-0.2, 0) is 25.6 Å². The van der Waals surface area contributed by atoms with Crippen LogP contribution in [0.1, 0.15) is 59.4 Å². The largest absolute Gasteiger partial charge is 0.494 e. The highest BCUT2D eigenvalue weighted by Crippen LogP contribution is 2.54. The Morgan fingerprint density at radius 1 is 0.825 bits per heavy atom. The molecule has 0 saturated heterocycles. The zero-order chi connectivity index (χ0) is 42.7. The fraction of sp³-hybridized carbons (Fsp3) is 0.595. The van der Waals surface area contributed by atoms with Crippen molar-refractivity contribution in [2.45, 2.75) is 114 Å². The molecule has 1 heterocycles. The van der Waals surface area contributed by atoms with Gasteiger partial charge in [0.05, 0.1) is 24.7 Å². The maximum absolute atomic E-state index is 13.8. The number of alkyl halides is 9. The molecule has 20 heteroatoms. The van der Waals surface area contributed by atoms with E-state index in [9.17, 15) is 47.9 Å². The van der Waals surface area contributed by atoms with Gasteiger partial charge in [-0.2, -0.15) is 44.2 Å². The summed E-state index contributed by atoms with van der Waals surface area (Å²) in [4.78, 5) is 0. The molecule has 0 spiro atoms. The maximum atomic E-state index is 13.8. The monoisotopic (exact) mass is 858 g/mol. The van der Waals surface area contributed by atoms with Crippen LogP contribution in [-0.4, -0.2) is 86.0 Å². The minimum absolute atomic E-state index is 0.106. The summed E-state index contributed by atoms with van der Waals surface area (Å²) in [5.41, 5.74) is 1.18. The van der Waals surface area contributed by atoms with Gasteiger partial charge in [-0.05, 0) is 77.1 Å². The van der Waals surface area contributed by atoms with Crippen LogP contribution in [0.3, 0.4) is 0 Å². The standard InChI is InChI=1S/C37H47F9N4O5SSi/c1-6-57(7-2,8-3)55-32(20-15-27(4)26-56(51,52)33-47-48-49-50(33)30-13-10-9-11-14-30)28(5)21-24-53-25-29-16-18-31(19-17-29)54-23-12-22-34(38,39)35(40,41)36(42,43)37(44,45)46/h9-11,13-14,16-19,27-28,32H,6-8,12,21-26H2,1-5H3/t27-,28-,32?/m1/s1. The van der Waals surface area contributed by atoms with Crippen LogP contribution in [0.2, 0.25) is 18.1 Å². The summed E-state index contributed by atoms with van der Waals surface area (Å²) in [6.45, 7) is 9.77. The number of rotatable bonds is 22. The predicted octanol–water partition coefficient (Wildman–Crippen LogP) is 9.34. The molecule has 0 saturated carbocycles. The van der Waals surface area contributed by atoms with Crippen molar-refractivity contribution in [1.29, 1.82) is 0 Å². The molecule has 0 N–H and O–H groups in total. The molecule has 3 atom stereocenters. The van der Waals surface area contributed by atoms with E-state index in [0.29, 0.717) is 24.3 Å². The molecule has 1 unspecified atom stereocenters. The first-order valence-corrected chi connectivity index (χ1v) is 22.5. The summed E-state index contributed by atoms with van der Waals surface area (Å²) in [6, 6.07) is 17.3. The average molecular weight is 859 g/mol. The summed E-state index contributed by atoms with van der Waals surface area (Å²) in [5, 5.41) is 10.9. The van der Waals surface area contributed by atoms with Crippen molar-refractivity contribution in [3.8, 4) is 23.3 Å². The smallest absolute Gasteiger partial charge is 0.460 e. The second-order valence-corrected chi connectivity index (χ2v) is 20.4. The van der Waals surface area contributed by atoms with Crippen molar-refractivity contribution in [3.05, 3.63) is 60.2 Å². The zero-order valence-corrected chi connectivity index (χ0v) is 34.0. The normalized spacial score (nSPS) is 14.8. The third-order valence-corrected chi connectivity index (χ3v) is 15.9. The number of halogens is 9. The van der Waals surface area contributed by atoms with E-state index in [-0.39, 0.29) is 29.2 Å². The molecule has 0 aliphatic rings. The number of sulfone groups is 1. The SMILES string of the molecule is CC[Si](CC)(CC)OC(C#C[C@@H](C)CS(=O)(=O)c1nnnn1-c1ccccc1)[C@H](C)CCOCc1ccc(OCCCC(F)(F)C(F)(F)C(F)(F)C(F)(F)F)cc1. The summed E-state index contributed by atoms with van der Waals surface area (Å²) >= 11 is 0. The van der Waals surface area contributed by atoms with E-state index in [2.05, 4.69) is 48.1 Å². The first-order chi connectivity index (χ1) is 26.6. The highest BCUT2D eigenvalue weighted by Gasteiger charge is 2.81. The number of ether oxygens (including phenoxy) is 2. The number of hydrogen-bond acceptors (Lipinski definition) is 8. The van der Waals surface area contributed by atoms with Crippen molar-refractivity contribution < 1.29 is 61.8 Å². The summed E-state index contributed by atoms with van der Waals surface area (Å²) in [6.07, 6.45) is -9.71. The molecule has 0 bridgehead atoms. The van der Waals surface area contributed by atoms with Gasteiger partial charge in [0.15, 0.2) is 8.32 Å². The van der Waals surface area contributed by atoms with Crippen molar-refractivity contribution >= 4 is 18.2 Å². The van der Waals surface area contributed by atoms with Crippen LogP contribution in [0, 0.1) is 23.7 Å². The van der Waals surface area contributed by atoms with E-state index in [4.69, 9.17) is 13.9 Å². The summed E-state index contributed by atoms with van der Waals surface area (Å²) in [5.74, 6) is -13.8. The minimum Gasteiger partial charge on any atom is -0.494 e.